The zero-order valence-electron chi connectivity index (χ0n) is 10.8. The molecule has 2 N–H and O–H groups in total. The summed E-state index contributed by atoms with van der Waals surface area (Å²) in [7, 11) is 0. The standard InChI is InChI=1S/C12H14N2O4S/c1-12(2,3)18-11(17)13-6-4-5-8-9(10(15)16)14-7-19-8/h7H,6H2,1-3H3,(H,13,17)(H,15,16). The number of thiazole rings is 1. The second-order valence-corrected chi connectivity index (χ2v) is 5.35. The van der Waals surface area contributed by atoms with Crippen molar-refractivity contribution >= 4 is 23.4 Å². The molecular formula is C12H14N2O4S. The molecule has 6 nitrogen and oxygen atoms in total. The third-order valence-electron chi connectivity index (χ3n) is 1.69. The van der Waals surface area contributed by atoms with Crippen molar-refractivity contribution in [2.75, 3.05) is 6.54 Å². The SMILES string of the molecule is CC(C)(C)OC(=O)NCC#Cc1scnc1C(=O)O. The van der Waals surface area contributed by atoms with Crippen LogP contribution in [-0.2, 0) is 4.74 Å². The Morgan fingerprint density at radius 3 is 2.79 bits per heavy atom. The van der Waals surface area contributed by atoms with Crippen molar-refractivity contribution in [2.24, 2.45) is 0 Å². The molecule has 0 radical (unpaired) electrons. The van der Waals surface area contributed by atoms with Gasteiger partial charge in [-0.1, -0.05) is 11.8 Å². The van der Waals surface area contributed by atoms with E-state index in [0.717, 1.165) is 11.3 Å². The quantitative estimate of drug-likeness (QED) is 0.806. The number of ether oxygens (including phenoxy) is 1. The molecule has 1 heterocycles. The molecule has 0 aliphatic rings. The number of hydrogen-bond acceptors (Lipinski definition) is 5. The number of aromatic nitrogens is 1. The third kappa shape index (κ3) is 5.40. The second kappa shape index (κ2) is 6.20. The van der Waals surface area contributed by atoms with E-state index in [-0.39, 0.29) is 12.2 Å². The fraction of sp³-hybridized carbons (Fsp3) is 0.417. The van der Waals surface area contributed by atoms with E-state index in [0.29, 0.717) is 4.88 Å². The van der Waals surface area contributed by atoms with Crippen LogP contribution in [0.3, 0.4) is 0 Å². The Morgan fingerprint density at radius 1 is 1.53 bits per heavy atom. The highest BCUT2D eigenvalue weighted by molar-refractivity contribution is 7.10. The van der Waals surface area contributed by atoms with Gasteiger partial charge in [0.1, 0.15) is 10.5 Å². The summed E-state index contributed by atoms with van der Waals surface area (Å²) in [4.78, 5) is 26.1. The molecule has 0 spiro atoms. The molecule has 0 bridgehead atoms. The number of rotatable bonds is 2. The molecule has 0 saturated heterocycles. The van der Waals surface area contributed by atoms with Gasteiger partial charge in [0, 0.05) is 0 Å². The van der Waals surface area contributed by atoms with Crippen LogP contribution in [0, 0.1) is 11.8 Å². The summed E-state index contributed by atoms with van der Waals surface area (Å²) >= 11 is 1.14. The molecule has 0 saturated carbocycles. The Labute approximate surface area is 114 Å². The van der Waals surface area contributed by atoms with E-state index < -0.39 is 17.7 Å². The predicted molar refractivity (Wildman–Crippen MR) is 70.2 cm³/mol. The highest BCUT2D eigenvalue weighted by atomic mass is 32.1. The molecule has 7 heteroatoms. The van der Waals surface area contributed by atoms with Crippen molar-refractivity contribution in [2.45, 2.75) is 26.4 Å². The number of carbonyl (C=O) groups is 2. The van der Waals surface area contributed by atoms with Crippen LogP contribution in [0.15, 0.2) is 5.51 Å². The number of nitrogens with one attached hydrogen (secondary N) is 1. The minimum absolute atomic E-state index is 0.0743. The maximum absolute atomic E-state index is 11.3. The first-order valence-corrected chi connectivity index (χ1v) is 6.30. The largest absolute Gasteiger partial charge is 0.476 e. The van der Waals surface area contributed by atoms with Crippen molar-refractivity contribution in [3.05, 3.63) is 16.1 Å². The predicted octanol–water partition coefficient (Wildman–Crippen LogP) is 1.72. The van der Waals surface area contributed by atoms with E-state index in [2.05, 4.69) is 22.1 Å². The van der Waals surface area contributed by atoms with Gasteiger partial charge in [0.05, 0.1) is 12.1 Å². The highest BCUT2D eigenvalue weighted by Crippen LogP contribution is 2.11. The average Bonchev–Trinajstić information content (AvgIpc) is 2.70. The van der Waals surface area contributed by atoms with Crippen molar-refractivity contribution in [1.82, 2.24) is 10.3 Å². The molecule has 0 atom stereocenters. The number of aromatic carboxylic acids is 1. The molecule has 1 amide bonds. The number of alkyl carbamates (subject to hydrolysis) is 1. The lowest BCUT2D eigenvalue weighted by Gasteiger charge is -2.18. The fourth-order valence-electron chi connectivity index (χ4n) is 1.04. The molecule has 0 aliphatic heterocycles. The number of amides is 1. The van der Waals surface area contributed by atoms with E-state index in [1.807, 2.05) is 0 Å². The lowest BCUT2D eigenvalue weighted by Crippen LogP contribution is -2.32. The molecule has 0 aromatic carbocycles. The molecule has 1 rings (SSSR count). The first kappa shape index (κ1) is 15.0. The normalized spacial score (nSPS) is 10.3. The molecule has 0 unspecified atom stereocenters. The zero-order chi connectivity index (χ0) is 14.5. The number of hydrogen-bond donors (Lipinski definition) is 2. The van der Waals surface area contributed by atoms with Crippen molar-refractivity contribution in [3.63, 3.8) is 0 Å². The lowest BCUT2D eigenvalue weighted by molar-refractivity contribution is 0.0534. The topological polar surface area (TPSA) is 88.5 Å². The van der Waals surface area contributed by atoms with Gasteiger partial charge in [-0.3, -0.25) is 0 Å². The molecule has 102 valence electrons. The molecule has 1 aromatic heterocycles. The summed E-state index contributed by atoms with van der Waals surface area (Å²) in [6.07, 6.45) is -0.565. The summed E-state index contributed by atoms with van der Waals surface area (Å²) in [5.74, 6) is 4.17. The fourth-order valence-corrected chi connectivity index (χ4v) is 1.69. The summed E-state index contributed by atoms with van der Waals surface area (Å²) in [5.41, 5.74) is 0.773. The Bertz CT molecular complexity index is 534. The first-order chi connectivity index (χ1) is 8.79. The van der Waals surface area contributed by atoms with Gasteiger partial charge in [0.25, 0.3) is 0 Å². The van der Waals surface area contributed by atoms with Gasteiger partial charge >= 0.3 is 12.1 Å². The first-order valence-electron chi connectivity index (χ1n) is 5.42. The van der Waals surface area contributed by atoms with E-state index in [9.17, 15) is 9.59 Å². The van der Waals surface area contributed by atoms with Crippen LogP contribution in [0.5, 0.6) is 0 Å². The van der Waals surface area contributed by atoms with E-state index >= 15 is 0 Å². The van der Waals surface area contributed by atoms with Gasteiger partial charge in [-0.15, -0.1) is 11.3 Å². The van der Waals surface area contributed by atoms with Crippen LogP contribution in [0.1, 0.15) is 36.1 Å². The van der Waals surface area contributed by atoms with Gasteiger partial charge in [0.2, 0.25) is 0 Å². The van der Waals surface area contributed by atoms with Gasteiger partial charge < -0.3 is 15.2 Å². The number of carboxylic acids is 1. The average molecular weight is 282 g/mol. The summed E-state index contributed by atoms with van der Waals surface area (Å²) < 4.78 is 5.02. The minimum Gasteiger partial charge on any atom is -0.476 e. The van der Waals surface area contributed by atoms with Crippen molar-refractivity contribution in [1.29, 1.82) is 0 Å². The number of nitrogens with zero attached hydrogens (tertiary/aromatic N) is 1. The van der Waals surface area contributed by atoms with Crippen LogP contribution in [0.25, 0.3) is 0 Å². The smallest absolute Gasteiger partial charge is 0.408 e. The summed E-state index contributed by atoms with van der Waals surface area (Å²) in [6.45, 7) is 5.35. The van der Waals surface area contributed by atoms with E-state index in [4.69, 9.17) is 9.84 Å². The number of carboxylic acid groups (broad SMARTS) is 1. The van der Waals surface area contributed by atoms with Gasteiger partial charge in [-0.05, 0) is 20.8 Å². The van der Waals surface area contributed by atoms with Crippen LogP contribution >= 0.6 is 11.3 Å². The Kier molecular flexibility index (Phi) is 4.89. The van der Waals surface area contributed by atoms with E-state index in [1.165, 1.54) is 5.51 Å². The summed E-state index contributed by atoms with van der Waals surface area (Å²) in [5, 5.41) is 11.3. The van der Waals surface area contributed by atoms with Gasteiger partial charge in [-0.2, -0.15) is 0 Å². The van der Waals surface area contributed by atoms with Crippen molar-refractivity contribution in [3.8, 4) is 11.8 Å². The third-order valence-corrected chi connectivity index (χ3v) is 2.43. The van der Waals surface area contributed by atoms with Crippen molar-refractivity contribution < 1.29 is 19.4 Å². The Morgan fingerprint density at radius 2 is 2.21 bits per heavy atom. The highest BCUT2D eigenvalue weighted by Gasteiger charge is 2.15. The second-order valence-electron chi connectivity index (χ2n) is 4.49. The van der Waals surface area contributed by atoms with Gasteiger partial charge in [0.15, 0.2) is 5.69 Å². The Hall–Kier alpha value is -2.07. The number of carbonyl (C=O) groups excluding carboxylic acids is 1. The molecule has 1 aromatic rings. The van der Waals surface area contributed by atoms with Crippen LogP contribution in [0.4, 0.5) is 4.79 Å². The maximum Gasteiger partial charge on any atom is 0.408 e. The van der Waals surface area contributed by atoms with E-state index in [1.54, 1.807) is 20.8 Å². The van der Waals surface area contributed by atoms with Crippen LogP contribution in [-0.4, -0.2) is 34.3 Å². The Balaban J connectivity index is 2.50. The molecule has 19 heavy (non-hydrogen) atoms. The molecule has 0 fully saturated rings. The van der Waals surface area contributed by atoms with Crippen LogP contribution < -0.4 is 5.32 Å². The van der Waals surface area contributed by atoms with Crippen LogP contribution in [0.2, 0.25) is 0 Å². The lowest BCUT2D eigenvalue weighted by atomic mass is 10.2. The minimum atomic E-state index is -1.12. The zero-order valence-corrected chi connectivity index (χ0v) is 11.6. The monoisotopic (exact) mass is 282 g/mol. The molecular weight excluding hydrogens is 268 g/mol. The molecule has 0 aliphatic carbocycles. The van der Waals surface area contributed by atoms with Gasteiger partial charge in [-0.25, -0.2) is 14.6 Å². The summed E-state index contributed by atoms with van der Waals surface area (Å²) in [6, 6.07) is 0. The maximum atomic E-state index is 11.3.